The van der Waals surface area contributed by atoms with E-state index in [0.717, 1.165) is 24.3 Å². The molecule has 1 fully saturated rings. The van der Waals surface area contributed by atoms with Crippen LogP contribution < -0.4 is 0 Å². The average molecular weight is 216 g/mol. The molecule has 0 saturated heterocycles. The molecular weight excluding hydrogens is 196 g/mol. The maximum absolute atomic E-state index is 12.3. The minimum atomic E-state index is 0.258. The van der Waals surface area contributed by atoms with E-state index in [9.17, 15) is 4.79 Å². The van der Waals surface area contributed by atoms with Crippen molar-refractivity contribution in [2.24, 2.45) is 17.8 Å². The molecule has 0 spiro atoms. The second kappa shape index (κ2) is 4.82. The van der Waals surface area contributed by atoms with Crippen LogP contribution in [0, 0.1) is 17.8 Å². The highest BCUT2D eigenvalue weighted by Gasteiger charge is 2.29. The highest BCUT2D eigenvalue weighted by atomic mass is 16.1. The van der Waals surface area contributed by atoms with Crippen LogP contribution in [0.15, 0.2) is 30.3 Å². The number of hydrogen-bond donors (Lipinski definition) is 0. The molecule has 2 rings (SSSR count). The molecule has 0 aromatic heterocycles. The van der Waals surface area contributed by atoms with E-state index < -0.39 is 0 Å². The van der Waals surface area contributed by atoms with Gasteiger partial charge in [0.1, 0.15) is 0 Å². The van der Waals surface area contributed by atoms with Gasteiger partial charge in [-0.1, -0.05) is 44.2 Å². The molecule has 0 radical (unpaired) electrons. The Hall–Kier alpha value is -1.11. The first kappa shape index (κ1) is 11.4. The molecule has 0 amide bonds. The molecule has 1 aliphatic carbocycles. The van der Waals surface area contributed by atoms with E-state index in [1.54, 1.807) is 0 Å². The summed E-state index contributed by atoms with van der Waals surface area (Å²) in [6, 6.07) is 9.72. The van der Waals surface area contributed by atoms with Crippen molar-refractivity contribution in [3.8, 4) is 0 Å². The van der Waals surface area contributed by atoms with Gasteiger partial charge < -0.3 is 0 Å². The summed E-state index contributed by atoms with van der Waals surface area (Å²) in [4.78, 5) is 12.3. The molecule has 1 aromatic rings. The summed E-state index contributed by atoms with van der Waals surface area (Å²) in [5, 5.41) is 0. The van der Waals surface area contributed by atoms with Crippen LogP contribution >= 0.6 is 0 Å². The van der Waals surface area contributed by atoms with Gasteiger partial charge in [-0.15, -0.1) is 0 Å². The fourth-order valence-electron chi connectivity index (χ4n) is 2.62. The third-order valence-electron chi connectivity index (χ3n) is 4.03. The molecule has 0 N–H and O–H groups in total. The van der Waals surface area contributed by atoms with Gasteiger partial charge in [-0.25, -0.2) is 0 Å². The van der Waals surface area contributed by atoms with Crippen molar-refractivity contribution < 1.29 is 4.79 Å². The first-order chi connectivity index (χ1) is 7.68. The molecule has 1 heteroatoms. The Balaban J connectivity index is 2.06. The van der Waals surface area contributed by atoms with Crippen LogP contribution in [0.4, 0.5) is 0 Å². The number of carbonyl (C=O) groups is 1. The molecule has 16 heavy (non-hydrogen) atoms. The lowest BCUT2D eigenvalue weighted by Crippen LogP contribution is -2.26. The van der Waals surface area contributed by atoms with Gasteiger partial charge in [0, 0.05) is 11.5 Å². The second-order valence-corrected chi connectivity index (χ2v) is 5.19. The zero-order valence-corrected chi connectivity index (χ0v) is 10.1. The van der Waals surface area contributed by atoms with Crippen LogP contribution in [0.1, 0.15) is 43.5 Å². The molecule has 0 heterocycles. The fraction of sp³-hybridized carbons (Fsp3) is 0.533. The van der Waals surface area contributed by atoms with Crippen LogP contribution in [-0.4, -0.2) is 5.78 Å². The largest absolute Gasteiger partial charge is 0.294 e. The maximum Gasteiger partial charge on any atom is 0.165 e. The molecule has 3 atom stereocenters. The zero-order valence-electron chi connectivity index (χ0n) is 10.1. The van der Waals surface area contributed by atoms with Crippen molar-refractivity contribution in [3.05, 3.63) is 35.9 Å². The fourth-order valence-corrected chi connectivity index (χ4v) is 2.62. The molecule has 3 unspecified atom stereocenters. The summed E-state index contributed by atoms with van der Waals surface area (Å²) in [5.74, 6) is 2.07. The van der Waals surface area contributed by atoms with Crippen LogP contribution in [0.3, 0.4) is 0 Å². The Labute approximate surface area is 97.9 Å². The summed E-state index contributed by atoms with van der Waals surface area (Å²) < 4.78 is 0. The summed E-state index contributed by atoms with van der Waals surface area (Å²) in [6.07, 6.45) is 3.33. The molecule has 0 aliphatic heterocycles. The van der Waals surface area contributed by atoms with Crippen molar-refractivity contribution in [2.45, 2.75) is 33.1 Å². The Kier molecular flexibility index (Phi) is 3.42. The van der Waals surface area contributed by atoms with Gasteiger partial charge in [0.25, 0.3) is 0 Å². The standard InChI is InChI=1S/C15H20O/c1-11-8-9-14(10-12(11)2)15(16)13-6-4-3-5-7-13/h3-7,11-12,14H,8-10H2,1-2H3. The van der Waals surface area contributed by atoms with E-state index >= 15 is 0 Å². The summed E-state index contributed by atoms with van der Waals surface area (Å²) in [7, 11) is 0. The van der Waals surface area contributed by atoms with Gasteiger partial charge in [-0.3, -0.25) is 4.79 Å². The van der Waals surface area contributed by atoms with Crippen LogP contribution in [0.5, 0.6) is 0 Å². The lowest BCUT2D eigenvalue weighted by Gasteiger charge is -2.31. The molecule has 0 bridgehead atoms. The van der Waals surface area contributed by atoms with Crippen molar-refractivity contribution in [3.63, 3.8) is 0 Å². The average Bonchev–Trinajstić information content (AvgIpc) is 2.33. The summed E-state index contributed by atoms with van der Waals surface area (Å²) in [5.41, 5.74) is 0.884. The Morgan fingerprint density at radius 3 is 2.38 bits per heavy atom. The SMILES string of the molecule is CC1CCC(C(=O)c2ccccc2)CC1C. The summed E-state index contributed by atoms with van der Waals surface area (Å²) in [6.45, 7) is 4.57. The third kappa shape index (κ3) is 2.34. The van der Waals surface area contributed by atoms with Crippen molar-refractivity contribution in [2.75, 3.05) is 0 Å². The normalized spacial score (nSPS) is 30.0. The van der Waals surface area contributed by atoms with E-state index in [0.29, 0.717) is 11.7 Å². The number of rotatable bonds is 2. The van der Waals surface area contributed by atoms with Crippen molar-refractivity contribution in [1.29, 1.82) is 0 Å². The monoisotopic (exact) mass is 216 g/mol. The van der Waals surface area contributed by atoms with E-state index in [-0.39, 0.29) is 5.92 Å². The van der Waals surface area contributed by atoms with E-state index in [2.05, 4.69) is 13.8 Å². The number of hydrogen-bond acceptors (Lipinski definition) is 1. The second-order valence-electron chi connectivity index (χ2n) is 5.19. The number of benzene rings is 1. The number of Topliss-reactive ketones (excluding diaryl/α,β-unsaturated/α-hetero) is 1. The van der Waals surface area contributed by atoms with Crippen LogP contribution in [0.25, 0.3) is 0 Å². The lowest BCUT2D eigenvalue weighted by molar-refractivity contribution is 0.0837. The highest BCUT2D eigenvalue weighted by molar-refractivity contribution is 5.97. The van der Waals surface area contributed by atoms with Gasteiger partial charge in [0.15, 0.2) is 5.78 Å². The molecule has 1 aromatic carbocycles. The van der Waals surface area contributed by atoms with Gasteiger partial charge in [-0.2, -0.15) is 0 Å². The first-order valence-corrected chi connectivity index (χ1v) is 6.27. The van der Waals surface area contributed by atoms with Gasteiger partial charge >= 0.3 is 0 Å². The molecule has 1 aliphatic rings. The maximum atomic E-state index is 12.3. The molecular formula is C15H20O. The Morgan fingerprint density at radius 2 is 1.75 bits per heavy atom. The van der Waals surface area contributed by atoms with Crippen LogP contribution in [0.2, 0.25) is 0 Å². The van der Waals surface area contributed by atoms with Crippen LogP contribution in [-0.2, 0) is 0 Å². The Morgan fingerprint density at radius 1 is 1.06 bits per heavy atom. The van der Waals surface area contributed by atoms with Gasteiger partial charge in [0.2, 0.25) is 0 Å². The Bertz CT molecular complexity index is 355. The predicted molar refractivity (Wildman–Crippen MR) is 66.4 cm³/mol. The first-order valence-electron chi connectivity index (χ1n) is 6.27. The zero-order chi connectivity index (χ0) is 11.5. The number of carbonyl (C=O) groups excluding carboxylic acids is 1. The van der Waals surface area contributed by atoms with E-state index in [4.69, 9.17) is 0 Å². The smallest absolute Gasteiger partial charge is 0.165 e. The number of ketones is 1. The lowest BCUT2D eigenvalue weighted by atomic mass is 9.73. The molecule has 1 saturated carbocycles. The van der Waals surface area contributed by atoms with E-state index in [1.165, 1.54) is 6.42 Å². The summed E-state index contributed by atoms with van der Waals surface area (Å²) >= 11 is 0. The highest BCUT2D eigenvalue weighted by Crippen LogP contribution is 2.34. The van der Waals surface area contributed by atoms with Gasteiger partial charge in [0.05, 0.1) is 0 Å². The van der Waals surface area contributed by atoms with Crippen molar-refractivity contribution in [1.82, 2.24) is 0 Å². The van der Waals surface area contributed by atoms with E-state index in [1.807, 2.05) is 30.3 Å². The topological polar surface area (TPSA) is 17.1 Å². The van der Waals surface area contributed by atoms with Crippen molar-refractivity contribution >= 4 is 5.78 Å². The predicted octanol–water partition coefficient (Wildman–Crippen LogP) is 3.94. The van der Waals surface area contributed by atoms with Gasteiger partial charge in [-0.05, 0) is 31.1 Å². The quantitative estimate of drug-likeness (QED) is 0.684. The molecule has 86 valence electrons. The third-order valence-corrected chi connectivity index (χ3v) is 4.03. The molecule has 1 nitrogen and oxygen atoms in total. The minimum Gasteiger partial charge on any atom is -0.294 e. The minimum absolute atomic E-state index is 0.258.